The van der Waals surface area contributed by atoms with Crippen LogP contribution in [0.15, 0.2) is 17.0 Å². The predicted molar refractivity (Wildman–Crippen MR) is 105 cm³/mol. The maximum Gasteiger partial charge on any atom is 0.247 e. The van der Waals surface area contributed by atoms with E-state index in [9.17, 15) is 8.42 Å². The lowest BCUT2D eigenvalue weighted by Gasteiger charge is -2.37. The van der Waals surface area contributed by atoms with E-state index in [1.807, 2.05) is 0 Å². The van der Waals surface area contributed by atoms with Crippen LogP contribution in [-0.4, -0.2) is 63.1 Å². The van der Waals surface area contributed by atoms with Crippen LogP contribution in [0.3, 0.4) is 0 Å². The number of sulfonamides is 1. The predicted octanol–water partition coefficient (Wildman–Crippen LogP) is 1.43. The van der Waals surface area contributed by atoms with Gasteiger partial charge in [-0.15, -0.1) is 12.4 Å². The highest BCUT2D eigenvalue weighted by molar-refractivity contribution is 7.89. The molecule has 0 amide bonds. The van der Waals surface area contributed by atoms with Gasteiger partial charge in [0, 0.05) is 31.2 Å². The molecule has 1 heterocycles. The van der Waals surface area contributed by atoms with Gasteiger partial charge in [0.05, 0.1) is 27.9 Å². The van der Waals surface area contributed by atoms with Crippen molar-refractivity contribution >= 4 is 22.4 Å². The number of nitrogens with one attached hydrogen (secondary N) is 2. The number of piperidine rings is 1. The van der Waals surface area contributed by atoms with E-state index in [0.29, 0.717) is 12.4 Å². The maximum atomic E-state index is 13.0. The second-order valence-corrected chi connectivity index (χ2v) is 8.07. The number of rotatable bonds is 9. The highest BCUT2D eigenvalue weighted by Gasteiger charge is 2.35. The van der Waals surface area contributed by atoms with Gasteiger partial charge in [-0.25, -0.2) is 13.1 Å². The summed E-state index contributed by atoms with van der Waals surface area (Å²) in [4.78, 5) is -0.0372. The standard InChI is InChI=1S/C17H28N2O6S.ClH/c1-22-12-17(5-7-18-8-6-17)11-19-26(20,21)16-14(24-3)9-13(23-2)10-15(16)25-4;/h9-10,18-19H,5-8,11-12H2,1-4H3;1H. The second kappa shape index (κ2) is 10.3. The first-order valence-electron chi connectivity index (χ1n) is 8.41. The highest BCUT2D eigenvalue weighted by atomic mass is 35.5. The lowest BCUT2D eigenvalue weighted by atomic mass is 9.80. The highest BCUT2D eigenvalue weighted by Crippen LogP contribution is 2.38. The Hall–Kier alpha value is -1.26. The van der Waals surface area contributed by atoms with Crippen LogP contribution in [0.5, 0.6) is 17.2 Å². The van der Waals surface area contributed by atoms with Gasteiger partial charge in [-0.2, -0.15) is 0 Å². The molecule has 8 nitrogen and oxygen atoms in total. The van der Waals surface area contributed by atoms with Crippen molar-refractivity contribution in [2.45, 2.75) is 17.7 Å². The number of hydrogen-bond acceptors (Lipinski definition) is 7. The molecular formula is C17H29ClN2O6S. The summed E-state index contributed by atoms with van der Waals surface area (Å²) in [6.45, 7) is 2.44. The monoisotopic (exact) mass is 424 g/mol. The molecule has 0 bridgehead atoms. The van der Waals surface area contributed by atoms with Crippen LogP contribution >= 0.6 is 12.4 Å². The Bertz CT molecular complexity index is 677. The quantitative estimate of drug-likeness (QED) is 0.619. The largest absolute Gasteiger partial charge is 0.496 e. The molecule has 1 aliphatic heterocycles. The molecule has 1 aromatic rings. The molecule has 10 heteroatoms. The smallest absolute Gasteiger partial charge is 0.247 e. The van der Waals surface area contributed by atoms with E-state index < -0.39 is 10.0 Å². The molecule has 156 valence electrons. The zero-order chi connectivity index (χ0) is 19.2. The van der Waals surface area contributed by atoms with Crippen molar-refractivity contribution < 1.29 is 27.4 Å². The number of halogens is 1. The summed E-state index contributed by atoms with van der Waals surface area (Å²) in [5.74, 6) is 0.784. The van der Waals surface area contributed by atoms with Crippen molar-refractivity contribution in [2.75, 3.05) is 54.7 Å². The van der Waals surface area contributed by atoms with E-state index in [4.69, 9.17) is 18.9 Å². The molecule has 1 fully saturated rings. The molecule has 2 N–H and O–H groups in total. The first-order valence-corrected chi connectivity index (χ1v) is 9.89. The molecule has 0 saturated carbocycles. The van der Waals surface area contributed by atoms with E-state index in [1.54, 1.807) is 7.11 Å². The Morgan fingerprint density at radius 1 is 1.04 bits per heavy atom. The molecule has 1 aliphatic rings. The lowest BCUT2D eigenvalue weighted by Crippen LogP contribution is -2.47. The average Bonchev–Trinajstić information content (AvgIpc) is 2.66. The summed E-state index contributed by atoms with van der Waals surface area (Å²) in [6.07, 6.45) is 1.67. The SMILES string of the molecule is COCC1(CNS(=O)(=O)c2c(OC)cc(OC)cc2OC)CCNCC1.Cl. The van der Waals surface area contributed by atoms with Crippen LogP contribution in [-0.2, 0) is 14.8 Å². The van der Waals surface area contributed by atoms with Crippen molar-refractivity contribution in [1.29, 1.82) is 0 Å². The summed E-state index contributed by atoms with van der Waals surface area (Å²) < 4.78 is 49.8. The molecular weight excluding hydrogens is 396 g/mol. The lowest BCUT2D eigenvalue weighted by molar-refractivity contribution is 0.0577. The second-order valence-electron chi connectivity index (χ2n) is 6.37. The summed E-state index contributed by atoms with van der Waals surface area (Å²) in [5, 5.41) is 3.29. The van der Waals surface area contributed by atoms with Crippen LogP contribution in [0.4, 0.5) is 0 Å². The van der Waals surface area contributed by atoms with Gasteiger partial charge in [-0.05, 0) is 25.9 Å². The van der Waals surface area contributed by atoms with Gasteiger partial charge in [-0.1, -0.05) is 0 Å². The number of hydrogen-bond donors (Lipinski definition) is 2. The van der Waals surface area contributed by atoms with Gasteiger partial charge in [0.2, 0.25) is 10.0 Å². The van der Waals surface area contributed by atoms with Crippen LogP contribution in [0.2, 0.25) is 0 Å². The van der Waals surface area contributed by atoms with E-state index in [1.165, 1.54) is 33.5 Å². The number of benzene rings is 1. The van der Waals surface area contributed by atoms with Crippen LogP contribution < -0.4 is 24.2 Å². The Balaban J connectivity index is 0.00000364. The third-order valence-corrected chi connectivity index (χ3v) is 6.15. The topological polar surface area (TPSA) is 95.1 Å². The summed E-state index contributed by atoms with van der Waals surface area (Å²) in [7, 11) is 2.09. The van der Waals surface area contributed by atoms with Crippen molar-refractivity contribution in [3.05, 3.63) is 12.1 Å². The fourth-order valence-corrected chi connectivity index (χ4v) is 4.65. The number of ether oxygens (including phenoxy) is 4. The molecule has 1 aromatic carbocycles. The summed E-state index contributed by atoms with van der Waals surface area (Å²) in [6, 6.07) is 3.04. The Labute approximate surface area is 167 Å². The van der Waals surface area contributed by atoms with E-state index in [-0.39, 0.29) is 40.8 Å². The molecule has 1 saturated heterocycles. The third-order valence-electron chi connectivity index (χ3n) is 4.69. The van der Waals surface area contributed by atoms with E-state index >= 15 is 0 Å². The molecule has 0 radical (unpaired) electrons. The first kappa shape index (κ1) is 23.8. The molecule has 27 heavy (non-hydrogen) atoms. The van der Waals surface area contributed by atoms with Crippen molar-refractivity contribution in [3.8, 4) is 17.2 Å². The van der Waals surface area contributed by atoms with Gasteiger partial charge in [0.25, 0.3) is 0 Å². The van der Waals surface area contributed by atoms with Crippen molar-refractivity contribution in [2.24, 2.45) is 5.41 Å². The fraction of sp³-hybridized carbons (Fsp3) is 0.647. The minimum Gasteiger partial charge on any atom is -0.496 e. The van der Waals surface area contributed by atoms with Crippen molar-refractivity contribution in [1.82, 2.24) is 10.0 Å². The first-order chi connectivity index (χ1) is 12.4. The van der Waals surface area contributed by atoms with Crippen molar-refractivity contribution in [3.63, 3.8) is 0 Å². The Kier molecular flexibility index (Phi) is 9.10. The molecule has 0 atom stereocenters. The Morgan fingerprint density at radius 2 is 1.59 bits per heavy atom. The average molecular weight is 425 g/mol. The van der Waals surface area contributed by atoms with Crippen LogP contribution in [0.1, 0.15) is 12.8 Å². The fourth-order valence-electron chi connectivity index (χ4n) is 3.19. The minimum absolute atomic E-state index is 0. The van der Waals surface area contributed by atoms with Crippen LogP contribution in [0.25, 0.3) is 0 Å². The zero-order valence-electron chi connectivity index (χ0n) is 16.2. The van der Waals surface area contributed by atoms with Gasteiger partial charge >= 0.3 is 0 Å². The molecule has 2 rings (SSSR count). The third kappa shape index (κ3) is 5.61. The Morgan fingerprint density at radius 3 is 2.04 bits per heavy atom. The van der Waals surface area contributed by atoms with Gasteiger partial charge in [-0.3, -0.25) is 0 Å². The molecule has 0 aliphatic carbocycles. The number of methoxy groups -OCH3 is 4. The molecule has 0 aromatic heterocycles. The molecule has 0 unspecified atom stereocenters. The summed E-state index contributed by atoms with van der Waals surface area (Å²) in [5.41, 5.74) is -0.236. The summed E-state index contributed by atoms with van der Waals surface area (Å²) >= 11 is 0. The van der Waals surface area contributed by atoms with Gasteiger partial charge in [0.15, 0.2) is 4.90 Å². The minimum atomic E-state index is -3.86. The van der Waals surface area contributed by atoms with E-state index in [2.05, 4.69) is 10.0 Å². The van der Waals surface area contributed by atoms with E-state index in [0.717, 1.165) is 25.9 Å². The maximum absolute atomic E-state index is 13.0. The van der Waals surface area contributed by atoms with Gasteiger partial charge < -0.3 is 24.3 Å². The normalized spacial score (nSPS) is 16.3. The zero-order valence-corrected chi connectivity index (χ0v) is 17.8. The van der Waals surface area contributed by atoms with Gasteiger partial charge in [0.1, 0.15) is 17.2 Å². The molecule has 0 spiro atoms. The van der Waals surface area contributed by atoms with Crippen LogP contribution in [0, 0.1) is 5.41 Å².